The number of nitrogens with zero attached hydrogens (tertiary/aromatic N) is 1. The van der Waals surface area contributed by atoms with Crippen LogP contribution in [0.2, 0.25) is 0 Å². The van der Waals surface area contributed by atoms with Crippen molar-refractivity contribution in [3.8, 4) is 0 Å². The zero-order valence-corrected chi connectivity index (χ0v) is 15.5. The van der Waals surface area contributed by atoms with Gasteiger partial charge in [0.15, 0.2) is 0 Å². The topological polar surface area (TPSA) is 60.5 Å². The van der Waals surface area contributed by atoms with E-state index in [1.54, 1.807) is 0 Å². The average molecular weight is 357 g/mol. The first kappa shape index (κ1) is 17.1. The molecule has 5 nitrogen and oxygen atoms in total. The molecule has 5 heteroatoms. The second-order valence-electron chi connectivity index (χ2n) is 6.72. The first-order valence-corrected chi connectivity index (χ1v) is 9.00. The summed E-state index contributed by atoms with van der Waals surface area (Å²) < 4.78 is 0. The molecule has 1 unspecified atom stereocenters. The summed E-state index contributed by atoms with van der Waals surface area (Å²) in [6, 6.07) is 24.7. The molecule has 136 valence electrons. The minimum Gasteiger partial charge on any atom is -0.342 e. The second kappa shape index (κ2) is 7.13. The van der Waals surface area contributed by atoms with Gasteiger partial charge in [-0.25, -0.2) is 4.99 Å². The van der Waals surface area contributed by atoms with Crippen molar-refractivity contribution < 1.29 is 0 Å². The van der Waals surface area contributed by atoms with Crippen LogP contribution in [0.25, 0.3) is 10.8 Å². The van der Waals surface area contributed by atoms with Crippen LogP contribution < -0.4 is 21.3 Å². The van der Waals surface area contributed by atoms with Crippen LogP contribution in [0, 0.1) is 0 Å². The Hall–Kier alpha value is -3.31. The Kier molecular flexibility index (Phi) is 4.52. The van der Waals surface area contributed by atoms with Gasteiger partial charge in [0.05, 0.1) is 0 Å². The summed E-state index contributed by atoms with van der Waals surface area (Å²) in [6.07, 6.45) is 2.04. The van der Waals surface area contributed by atoms with Crippen molar-refractivity contribution in [3.63, 3.8) is 0 Å². The van der Waals surface area contributed by atoms with Gasteiger partial charge in [0.1, 0.15) is 11.5 Å². The monoisotopic (exact) mass is 357 g/mol. The molecule has 1 heterocycles. The smallest absolute Gasteiger partial charge is 0.203 e. The lowest BCUT2D eigenvalue weighted by atomic mass is 10.1. The summed E-state index contributed by atoms with van der Waals surface area (Å²) in [4.78, 5) is 4.74. The molecule has 1 atom stereocenters. The van der Waals surface area contributed by atoms with E-state index in [0.717, 1.165) is 17.2 Å². The second-order valence-corrected chi connectivity index (χ2v) is 6.72. The van der Waals surface area contributed by atoms with E-state index in [9.17, 15) is 0 Å². The van der Waals surface area contributed by atoms with Crippen molar-refractivity contribution in [2.45, 2.75) is 12.6 Å². The molecule has 3 aromatic rings. The number of likely N-dealkylation sites (N-methyl/N-ethyl adjacent to an activating group) is 1. The molecular formula is C22H23N5. The molecule has 0 bridgehead atoms. The maximum Gasteiger partial charge on any atom is 0.203 e. The van der Waals surface area contributed by atoms with Crippen molar-refractivity contribution in [1.29, 1.82) is 0 Å². The summed E-state index contributed by atoms with van der Waals surface area (Å²) in [5, 5.41) is 15.8. The predicted octanol–water partition coefficient (Wildman–Crippen LogP) is 4.10. The summed E-state index contributed by atoms with van der Waals surface area (Å²) >= 11 is 0. The highest BCUT2D eigenvalue weighted by Gasteiger charge is 2.25. The van der Waals surface area contributed by atoms with E-state index >= 15 is 0 Å². The van der Waals surface area contributed by atoms with Gasteiger partial charge < -0.3 is 16.0 Å². The molecule has 27 heavy (non-hydrogen) atoms. The number of para-hydroxylation sites is 1. The van der Waals surface area contributed by atoms with Crippen LogP contribution in [0.15, 0.2) is 89.7 Å². The number of aliphatic imine (C=N–C) groups is 1. The summed E-state index contributed by atoms with van der Waals surface area (Å²) in [6.45, 7) is 2.03. The highest BCUT2D eigenvalue weighted by Crippen LogP contribution is 2.22. The first-order chi connectivity index (χ1) is 13.1. The third-order valence-electron chi connectivity index (χ3n) is 4.59. The van der Waals surface area contributed by atoms with Crippen LogP contribution in [-0.4, -0.2) is 18.7 Å². The minimum atomic E-state index is -0.512. The maximum absolute atomic E-state index is 4.74. The van der Waals surface area contributed by atoms with E-state index in [1.807, 2.05) is 50.4 Å². The molecule has 4 N–H and O–H groups in total. The fourth-order valence-corrected chi connectivity index (χ4v) is 3.07. The first-order valence-electron chi connectivity index (χ1n) is 9.00. The van der Waals surface area contributed by atoms with Crippen LogP contribution in [0.3, 0.4) is 0 Å². The van der Waals surface area contributed by atoms with E-state index < -0.39 is 5.66 Å². The number of hydrogen-bond acceptors (Lipinski definition) is 5. The fraction of sp³-hybridized carbons (Fsp3) is 0.136. The molecule has 0 amide bonds. The molecule has 0 radical (unpaired) electrons. The van der Waals surface area contributed by atoms with Crippen molar-refractivity contribution >= 4 is 28.1 Å². The third-order valence-corrected chi connectivity index (χ3v) is 4.59. The molecule has 1 aliphatic heterocycles. The van der Waals surface area contributed by atoms with Crippen molar-refractivity contribution in [3.05, 3.63) is 84.7 Å². The van der Waals surface area contributed by atoms with E-state index in [1.165, 1.54) is 10.8 Å². The molecule has 0 aromatic heterocycles. The van der Waals surface area contributed by atoms with E-state index in [0.29, 0.717) is 5.96 Å². The highest BCUT2D eigenvalue weighted by molar-refractivity contribution is 5.96. The average Bonchev–Trinajstić information content (AvgIpc) is 2.68. The normalized spacial score (nSPS) is 19.0. The summed E-state index contributed by atoms with van der Waals surface area (Å²) in [5.41, 5.74) is 1.49. The predicted molar refractivity (Wildman–Crippen MR) is 114 cm³/mol. The third kappa shape index (κ3) is 3.93. The molecule has 1 aliphatic rings. The molecule has 0 saturated carbocycles. The Morgan fingerprint density at radius 1 is 0.815 bits per heavy atom. The Morgan fingerprint density at radius 2 is 1.56 bits per heavy atom. The van der Waals surface area contributed by atoms with Gasteiger partial charge in [0.2, 0.25) is 5.96 Å². The summed E-state index contributed by atoms with van der Waals surface area (Å²) in [7, 11) is 1.90. The van der Waals surface area contributed by atoms with Crippen molar-refractivity contribution in [1.82, 2.24) is 10.6 Å². The SMILES string of the molecule is CNC1(C)C=C(Nc2ccc3ccccc3c2)NC(Nc2ccccc2)=N1. The Labute approximate surface area is 159 Å². The number of fused-ring (bicyclic) bond motifs is 1. The van der Waals surface area contributed by atoms with Gasteiger partial charge >= 0.3 is 0 Å². The minimum absolute atomic E-state index is 0.512. The van der Waals surface area contributed by atoms with Crippen molar-refractivity contribution in [2.24, 2.45) is 4.99 Å². The standard InChI is InChI=1S/C22H23N5/c1-22(23-2)15-20(26-21(27-22)25-18-10-4-3-5-11-18)24-19-13-12-16-8-6-7-9-17(16)14-19/h3-15,23-24H,1-2H3,(H2,25,26,27). The van der Waals surface area contributed by atoms with Crippen LogP contribution >= 0.6 is 0 Å². The van der Waals surface area contributed by atoms with Gasteiger partial charge in [-0.1, -0.05) is 48.5 Å². The fourth-order valence-electron chi connectivity index (χ4n) is 3.07. The zero-order chi connectivity index (χ0) is 18.7. The highest BCUT2D eigenvalue weighted by atomic mass is 15.3. The number of hydrogen-bond donors (Lipinski definition) is 4. The number of anilines is 2. The number of rotatable bonds is 4. The van der Waals surface area contributed by atoms with Crippen molar-refractivity contribution in [2.75, 3.05) is 17.7 Å². The van der Waals surface area contributed by atoms with Crippen LogP contribution in [-0.2, 0) is 0 Å². The van der Waals surface area contributed by atoms with Gasteiger partial charge in [-0.2, -0.15) is 0 Å². The van der Waals surface area contributed by atoms with E-state index in [-0.39, 0.29) is 0 Å². The van der Waals surface area contributed by atoms with Gasteiger partial charge in [-0.3, -0.25) is 5.32 Å². The number of guanidine groups is 1. The van der Waals surface area contributed by atoms with Gasteiger partial charge in [-0.15, -0.1) is 0 Å². The van der Waals surface area contributed by atoms with Gasteiger partial charge in [-0.05, 0) is 55.1 Å². The zero-order valence-electron chi connectivity index (χ0n) is 15.5. The van der Waals surface area contributed by atoms with Gasteiger partial charge in [0.25, 0.3) is 0 Å². The van der Waals surface area contributed by atoms with E-state index in [4.69, 9.17) is 4.99 Å². The summed E-state index contributed by atoms with van der Waals surface area (Å²) in [5.74, 6) is 1.56. The Balaban J connectivity index is 1.57. The quantitative estimate of drug-likeness (QED) is 0.568. The maximum atomic E-state index is 4.74. The molecule has 0 saturated heterocycles. The number of benzene rings is 3. The number of nitrogens with one attached hydrogen (secondary N) is 4. The Morgan fingerprint density at radius 3 is 2.33 bits per heavy atom. The molecule has 3 aromatic carbocycles. The molecular weight excluding hydrogens is 334 g/mol. The van der Waals surface area contributed by atoms with Crippen LogP contribution in [0.4, 0.5) is 11.4 Å². The molecule has 0 fully saturated rings. The van der Waals surface area contributed by atoms with Crippen LogP contribution in [0.1, 0.15) is 6.92 Å². The van der Waals surface area contributed by atoms with E-state index in [2.05, 4.69) is 63.7 Å². The Bertz CT molecular complexity index is 1010. The molecule has 4 rings (SSSR count). The lowest BCUT2D eigenvalue weighted by Crippen LogP contribution is -2.47. The van der Waals surface area contributed by atoms with Gasteiger partial charge in [0, 0.05) is 11.4 Å². The lowest BCUT2D eigenvalue weighted by molar-refractivity contribution is 0.490. The lowest BCUT2D eigenvalue weighted by Gasteiger charge is -2.30. The largest absolute Gasteiger partial charge is 0.342 e. The molecule has 0 spiro atoms. The molecule has 0 aliphatic carbocycles. The van der Waals surface area contributed by atoms with Crippen LogP contribution in [0.5, 0.6) is 0 Å².